The smallest absolute Gasteiger partial charge is 0.197 e. The summed E-state index contributed by atoms with van der Waals surface area (Å²) < 4.78 is 3.57. The summed E-state index contributed by atoms with van der Waals surface area (Å²) >= 11 is 1.68. The van der Waals surface area contributed by atoms with E-state index in [1.807, 2.05) is 0 Å². The number of aliphatic hydroxyl groups is 3. The van der Waals surface area contributed by atoms with E-state index in [1.54, 1.807) is 22.6 Å². The van der Waals surface area contributed by atoms with E-state index in [0.29, 0.717) is 0 Å². The summed E-state index contributed by atoms with van der Waals surface area (Å²) in [5.74, 6) is 0. The lowest BCUT2D eigenvalue weighted by Crippen LogP contribution is -2.62. The molecule has 1 aliphatic heterocycles. The summed E-state index contributed by atoms with van der Waals surface area (Å²) in [6.45, 7) is -0.0579. The lowest BCUT2D eigenvalue weighted by atomic mass is 10.1. The zero-order chi connectivity index (χ0) is 8.65. The highest BCUT2D eigenvalue weighted by molar-refractivity contribution is 14.1. The topological polar surface area (TPSA) is 95.9 Å². The van der Waals surface area contributed by atoms with Gasteiger partial charge < -0.3 is 20.1 Å². The molecule has 1 rings (SSSR count). The van der Waals surface area contributed by atoms with E-state index in [9.17, 15) is 5.11 Å². The van der Waals surface area contributed by atoms with Crippen molar-refractivity contribution in [3.05, 3.63) is 0 Å². The van der Waals surface area contributed by atoms with Crippen molar-refractivity contribution in [2.75, 3.05) is 6.61 Å². The summed E-state index contributed by atoms with van der Waals surface area (Å²) in [5.41, 5.74) is 5.42. The van der Waals surface area contributed by atoms with Gasteiger partial charge in [-0.25, -0.2) is 0 Å². The first-order chi connectivity index (χ1) is 4.95. The van der Waals surface area contributed by atoms with Crippen LogP contribution in [0.3, 0.4) is 0 Å². The SMILES string of the molecule is NC1(I)OCC(O)C(O)[C@H]1O. The van der Waals surface area contributed by atoms with Crippen molar-refractivity contribution in [1.82, 2.24) is 0 Å². The molecular weight excluding hydrogens is 265 g/mol. The minimum Gasteiger partial charge on any atom is -0.388 e. The molecule has 1 fully saturated rings. The molecule has 0 aromatic rings. The standard InChI is InChI=1S/C5H10INO4/c6-5(7)4(10)3(9)2(8)1-11-5/h2-4,8-10H,1,7H2/t2?,3?,4-,5?/m1/s1. The first-order valence-electron chi connectivity index (χ1n) is 3.11. The van der Waals surface area contributed by atoms with Crippen LogP contribution in [0, 0.1) is 0 Å². The summed E-state index contributed by atoms with van der Waals surface area (Å²) in [6, 6.07) is 0. The van der Waals surface area contributed by atoms with Crippen molar-refractivity contribution in [2.24, 2.45) is 5.73 Å². The summed E-state index contributed by atoms with van der Waals surface area (Å²) in [7, 11) is 0. The van der Waals surface area contributed by atoms with Gasteiger partial charge in [-0.1, -0.05) is 0 Å². The quantitative estimate of drug-likeness (QED) is 0.236. The van der Waals surface area contributed by atoms with Gasteiger partial charge in [-0.2, -0.15) is 0 Å². The van der Waals surface area contributed by atoms with Gasteiger partial charge in [0, 0.05) is 0 Å². The first kappa shape index (κ1) is 9.62. The van der Waals surface area contributed by atoms with E-state index < -0.39 is 22.0 Å². The molecule has 0 aromatic carbocycles. The Morgan fingerprint density at radius 2 is 2.00 bits per heavy atom. The number of alkyl halides is 1. The minimum atomic E-state index is -1.30. The Morgan fingerprint density at radius 3 is 2.45 bits per heavy atom. The third-order valence-electron chi connectivity index (χ3n) is 1.60. The first-order valence-corrected chi connectivity index (χ1v) is 4.19. The number of rotatable bonds is 0. The van der Waals surface area contributed by atoms with Crippen LogP contribution in [-0.4, -0.2) is 44.0 Å². The molecule has 0 saturated carbocycles. The van der Waals surface area contributed by atoms with Gasteiger partial charge in [-0.05, 0) is 22.6 Å². The Kier molecular flexibility index (Phi) is 2.72. The van der Waals surface area contributed by atoms with Crippen molar-refractivity contribution >= 4 is 22.6 Å². The molecule has 1 saturated heterocycles. The fourth-order valence-electron chi connectivity index (χ4n) is 0.840. The van der Waals surface area contributed by atoms with Crippen molar-refractivity contribution in [1.29, 1.82) is 0 Å². The van der Waals surface area contributed by atoms with Gasteiger partial charge in [-0.3, -0.25) is 5.73 Å². The summed E-state index contributed by atoms with van der Waals surface area (Å²) in [5, 5.41) is 27.3. The van der Waals surface area contributed by atoms with Crippen molar-refractivity contribution in [3.63, 3.8) is 0 Å². The average Bonchev–Trinajstić information content (AvgIpc) is 1.95. The van der Waals surface area contributed by atoms with Crippen LogP contribution in [0.25, 0.3) is 0 Å². The maximum atomic E-state index is 9.21. The van der Waals surface area contributed by atoms with Crippen LogP contribution in [0.5, 0.6) is 0 Å². The molecule has 5 N–H and O–H groups in total. The molecule has 0 radical (unpaired) electrons. The van der Waals surface area contributed by atoms with E-state index >= 15 is 0 Å². The maximum Gasteiger partial charge on any atom is 0.197 e. The number of hydrogen-bond acceptors (Lipinski definition) is 5. The van der Waals surface area contributed by atoms with E-state index in [-0.39, 0.29) is 6.61 Å². The zero-order valence-corrected chi connectivity index (χ0v) is 7.80. The second kappa shape index (κ2) is 3.11. The van der Waals surface area contributed by atoms with Gasteiger partial charge in [-0.15, -0.1) is 0 Å². The van der Waals surface area contributed by atoms with E-state index in [1.165, 1.54) is 0 Å². The predicted octanol–water partition coefficient (Wildman–Crippen LogP) is -1.85. The van der Waals surface area contributed by atoms with E-state index in [2.05, 4.69) is 0 Å². The highest BCUT2D eigenvalue weighted by atomic mass is 127. The average molecular weight is 275 g/mol. The molecule has 0 spiro atoms. The van der Waals surface area contributed by atoms with Crippen LogP contribution < -0.4 is 5.73 Å². The molecule has 0 amide bonds. The number of halogens is 1. The van der Waals surface area contributed by atoms with Gasteiger partial charge in [0.25, 0.3) is 0 Å². The number of aliphatic hydroxyl groups excluding tert-OH is 3. The summed E-state index contributed by atoms with van der Waals surface area (Å²) in [4.78, 5) is 0. The molecule has 1 aliphatic rings. The van der Waals surface area contributed by atoms with Crippen LogP contribution in [0.2, 0.25) is 0 Å². The van der Waals surface area contributed by atoms with Crippen LogP contribution in [-0.2, 0) is 4.74 Å². The summed E-state index contributed by atoms with van der Waals surface area (Å²) in [6.07, 6.45) is -3.55. The van der Waals surface area contributed by atoms with Crippen molar-refractivity contribution in [2.45, 2.75) is 22.0 Å². The Morgan fingerprint density at radius 1 is 1.45 bits per heavy atom. The van der Waals surface area contributed by atoms with E-state index in [0.717, 1.165) is 0 Å². The van der Waals surface area contributed by atoms with Crippen molar-refractivity contribution < 1.29 is 20.1 Å². The van der Waals surface area contributed by atoms with Gasteiger partial charge in [0.15, 0.2) is 3.73 Å². The Balaban J connectivity index is 2.67. The van der Waals surface area contributed by atoms with Crippen LogP contribution in [0.15, 0.2) is 0 Å². The van der Waals surface area contributed by atoms with Crippen LogP contribution >= 0.6 is 22.6 Å². The second-order valence-corrected chi connectivity index (χ2v) is 4.20. The van der Waals surface area contributed by atoms with Crippen molar-refractivity contribution in [3.8, 4) is 0 Å². The van der Waals surface area contributed by atoms with Gasteiger partial charge >= 0.3 is 0 Å². The molecular formula is C5H10INO4. The molecule has 5 nitrogen and oxygen atoms in total. The lowest BCUT2D eigenvalue weighted by molar-refractivity contribution is -0.191. The molecule has 0 bridgehead atoms. The second-order valence-electron chi connectivity index (χ2n) is 2.51. The molecule has 0 aliphatic carbocycles. The third-order valence-corrected chi connectivity index (χ3v) is 2.55. The molecule has 3 unspecified atom stereocenters. The lowest BCUT2D eigenvalue weighted by Gasteiger charge is -2.38. The Hall–Kier alpha value is 0.530. The van der Waals surface area contributed by atoms with E-state index in [4.69, 9.17) is 20.7 Å². The van der Waals surface area contributed by atoms with Gasteiger partial charge in [0.2, 0.25) is 0 Å². The maximum absolute atomic E-state index is 9.21. The number of nitrogens with two attached hydrogens (primary N) is 1. The number of ether oxygens (including phenoxy) is 1. The molecule has 1 heterocycles. The monoisotopic (exact) mass is 275 g/mol. The molecule has 0 aromatic heterocycles. The van der Waals surface area contributed by atoms with Gasteiger partial charge in [0.05, 0.1) is 6.61 Å². The Labute approximate surface area is 77.3 Å². The highest BCUT2D eigenvalue weighted by Gasteiger charge is 2.44. The molecule has 11 heavy (non-hydrogen) atoms. The zero-order valence-electron chi connectivity index (χ0n) is 5.64. The number of hydrogen-bond donors (Lipinski definition) is 4. The molecule has 66 valence electrons. The molecule has 4 atom stereocenters. The third kappa shape index (κ3) is 1.82. The largest absolute Gasteiger partial charge is 0.388 e. The predicted molar refractivity (Wildman–Crippen MR) is 44.9 cm³/mol. The minimum absolute atomic E-state index is 0.0579. The molecule has 6 heteroatoms. The highest BCUT2D eigenvalue weighted by Crippen LogP contribution is 2.26. The van der Waals surface area contributed by atoms with Crippen LogP contribution in [0.1, 0.15) is 0 Å². The normalized spacial score (nSPS) is 52.6. The fraction of sp³-hybridized carbons (Fsp3) is 1.00. The Bertz CT molecular complexity index is 153. The van der Waals surface area contributed by atoms with Crippen LogP contribution in [0.4, 0.5) is 0 Å². The fourth-order valence-corrected chi connectivity index (χ4v) is 1.39. The van der Waals surface area contributed by atoms with Gasteiger partial charge in [0.1, 0.15) is 18.3 Å².